The Bertz CT molecular complexity index is 745. The van der Waals surface area contributed by atoms with Gasteiger partial charge in [-0.2, -0.15) is 14.6 Å². The number of benzene rings is 1. The molecular formula is C16H19N5. The first-order chi connectivity index (χ1) is 10.2. The molecule has 3 rings (SSSR count). The summed E-state index contributed by atoms with van der Waals surface area (Å²) in [5.41, 5.74) is 3.52. The van der Waals surface area contributed by atoms with E-state index in [-0.39, 0.29) is 6.04 Å². The van der Waals surface area contributed by atoms with E-state index in [9.17, 15) is 0 Å². The van der Waals surface area contributed by atoms with Crippen molar-refractivity contribution in [3.05, 3.63) is 53.5 Å². The van der Waals surface area contributed by atoms with Gasteiger partial charge in [0.05, 0.1) is 0 Å². The van der Waals surface area contributed by atoms with Crippen LogP contribution in [0.1, 0.15) is 36.7 Å². The second-order valence-corrected chi connectivity index (χ2v) is 5.22. The van der Waals surface area contributed by atoms with Gasteiger partial charge < -0.3 is 5.32 Å². The third kappa shape index (κ3) is 2.72. The molecule has 1 N–H and O–H groups in total. The molecule has 0 amide bonds. The quantitative estimate of drug-likeness (QED) is 0.798. The maximum atomic E-state index is 4.35. The van der Waals surface area contributed by atoms with Gasteiger partial charge in [-0.25, -0.2) is 4.98 Å². The van der Waals surface area contributed by atoms with Crippen LogP contribution in [0.2, 0.25) is 0 Å². The van der Waals surface area contributed by atoms with Crippen molar-refractivity contribution in [3.8, 4) is 0 Å². The van der Waals surface area contributed by atoms with Crippen molar-refractivity contribution in [2.75, 3.05) is 5.32 Å². The zero-order chi connectivity index (χ0) is 14.8. The summed E-state index contributed by atoms with van der Waals surface area (Å²) in [6.45, 7) is 6.26. The number of aromatic nitrogens is 4. The smallest absolute Gasteiger partial charge is 0.254 e. The average molecular weight is 281 g/mol. The van der Waals surface area contributed by atoms with E-state index in [0.717, 1.165) is 17.9 Å². The normalized spacial score (nSPS) is 12.5. The zero-order valence-electron chi connectivity index (χ0n) is 12.5. The van der Waals surface area contributed by atoms with Crippen LogP contribution in [0.25, 0.3) is 5.78 Å². The lowest BCUT2D eigenvalue weighted by Crippen LogP contribution is -2.11. The number of nitrogens with one attached hydrogen (secondary N) is 1. The molecule has 0 aliphatic carbocycles. The van der Waals surface area contributed by atoms with Crippen molar-refractivity contribution in [1.29, 1.82) is 0 Å². The molecule has 0 saturated carbocycles. The van der Waals surface area contributed by atoms with Crippen molar-refractivity contribution in [3.63, 3.8) is 0 Å². The van der Waals surface area contributed by atoms with Crippen molar-refractivity contribution in [2.24, 2.45) is 0 Å². The van der Waals surface area contributed by atoms with Gasteiger partial charge in [-0.05, 0) is 31.4 Å². The Morgan fingerprint density at radius 2 is 2.00 bits per heavy atom. The number of aryl methyl sites for hydroxylation is 2. The van der Waals surface area contributed by atoms with Crippen LogP contribution in [-0.4, -0.2) is 19.6 Å². The maximum absolute atomic E-state index is 4.35. The summed E-state index contributed by atoms with van der Waals surface area (Å²) >= 11 is 0. The molecule has 0 bridgehead atoms. The number of rotatable bonds is 4. The lowest BCUT2D eigenvalue weighted by molar-refractivity contribution is 0.836. The fraction of sp³-hybridized carbons (Fsp3) is 0.312. The van der Waals surface area contributed by atoms with Gasteiger partial charge in [-0.15, -0.1) is 0 Å². The SMILES string of the molecule is CCc1ccc(C(C)Nc2cc(C)nc3ncnn23)cc1. The maximum Gasteiger partial charge on any atom is 0.254 e. The minimum Gasteiger partial charge on any atom is -0.363 e. The molecule has 0 saturated heterocycles. The molecule has 1 unspecified atom stereocenters. The molecule has 0 aliphatic heterocycles. The summed E-state index contributed by atoms with van der Waals surface area (Å²) in [6.07, 6.45) is 2.58. The Morgan fingerprint density at radius 3 is 2.71 bits per heavy atom. The molecule has 0 fully saturated rings. The van der Waals surface area contributed by atoms with Crippen LogP contribution in [0.5, 0.6) is 0 Å². The Kier molecular flexibility index (Phi) is 3.56. The molecule has 108 valence electrons. The molecule has 21 heavy (non-hydrogen) atoms. The van der Waals surface area contributed by atoms with E-state index in [1.54, 1.807) is 4.52 Å². The molecule has 2 heterocycles. The number of hydrogen-bond acceptors (Lipinski definition) is 4. The molecule has 3 aromatic rings. The van der Waals surface area contributed by atoms with Crippen LogP contribution in [0.15, 0.2) is 36.7 Å². The van der Waals surface area contributed by atoms with E-state index >= 15 is 0 Å². The number of fused-ring (bicyclic) bond motifs is 1. The monoisotopic (exact) mass is 281 g/mol. The highest BCUT2D eigenvalue weighted by atomic mass is 15.4. The first kappa shape index (κ1) is 13.5. The minimum atomic E-state index is 0.185. The van der Waals surface area contributed by atoms with E-state index in [2.05, 4.69) is 58.5 Å². The average Bonchev–Trinajstić information content (AvgIpc) is 2.95. The molecule has 5 heteroatoms. The largest absolute Gasteiger partial charge is 0.363 e. The van der Waals surface area contributed by atoms with Gasteiger partial charge in [0.15, 0.2) is 0 Å². The van der Waals surface area contributed by atoms with Crippen LogP contribution in [0.3, 0.4) is 0 Å². The van der Waals surface area contributed by atoms with Gasteiger partial charge >= 0.3 is 0 Å². The van der Waals surface area contributed by atoms with E-state index in [0.29, 0.717) is 5.78 Å². The van der Waals surface area contributed by atoms with Gasteiger partial charge in [0.1, 0.15) is 12.1 Å². The topological polar surface area (TPSA) is 55.1 Å². The first-order valence-electron chi connectivity index (χ1n) is 7.20. The molecule has 1 aromatic carbocycles. The minimum absolute atomic E-state index is 0.185. The Morgan fingerprint density at radius 1 is 1.24 bits per heavy atom. The zero-order valence-corrected chi connectivity index (χ0v) is 12.5. The van der Waals surface area contributed by atoms with Crippen molar-refractivity contribution < 1.29 is 0 Å². The van der Waals surface area contributed by atoms with E-state index in [1.807, 2.05) is 13.0 Å². The molecule has 1 atom stereocenters. The van der Waals surface area contributed by atoms with Crippen LogP contribution in [0, 0.1) is 6.92 Å². The summed E-state index contributed by atoms with van der Waals surface area (Å²) in [5.74, 6) is 1.52. The Balaban J connectivity index is 1.88. The summed E-state index contributed by atoms with van der Waals surface area (Å²) in [5, 5.41) is 7.70. The van der Waals surface area contributed by atoms with Gasteiger partial charge in [0, 0.05) is 17.8 Å². The summed E-state index contributed by atoms with van der Waals surface area (Å²) in [6, 6.07) is 10.9. The van der Waals surface area contributed by atoms with Crippen molar-refractivity contribution in [2.45, 2.75) is 33.2 Å². The predicted octanol–water partition coefficient (Wildman–Crippen LogP) is 3.17. The van der Waals surface area contributed by atoms with Crippen LogP contribution >= 0.6 is 0 Å². The van der Waals surface area contributed by atoms with Crippen molar-refractivity contribution in [1.82, 2.24) is 19.6 Å². The highest BCUT2D eigenvalue weighted by Gasteiger charge is 2.10. The van der Waals surface area contributed by atoms with E-state index in [1.165, 1.54) is 17.5 Å². The predicted molar refractivity (Wildman–Crippen MR) is 83.4 cm³/mol. The second kappa shape index (κ2) is 5.52. The second-order valence-electron chi connectivity index (χ2n) is 5.22. The fourth-order valence-electron chi connectivity index (χ4n) is 2.38. The lowest BCUT2D eigenvalue weighted by atomic mass is 10.1. The third-order valence-electron chi connectivity index (χ3n) is 3.63. The first-order valence-corrected chi connectivity index (χ1v) is 7.20. The van der Waals surface area contributed by atoms with Gasteiger partial charge in [-0.3, -0.25) is 0 Å². The Hall–Kier alpha value is -2.43. The van der Waals surface area contributed by atoms with Gasteiger partial charge in [0.25, 0.3) is 5.78 Å². The summed E-state index contributed by atoms with van der Waals surface area (Å²) < 4.78 is 1.73. The molecule has 2 aromatic heterocycles. The number of anilines is 1. The third-order valence-corrected chi connectivity index (χ3v) is 3.63. The molecule has 0 radical (unpaired) electrons. The number of hydrogen-bond donors (Lipinski definition) is 1. The number of nitrogens with zero attached hydrogens (tertiary/aromatic N) is 4. The Labute approximate surface area is 124 Å². The highest BCUT2D eigenvalue weighted by Crippen LogP contribution is 2.20. The summed E-state index contributed by atoms with van der Waals surface area (Å²) in [7, 11) is 0. The summed E-state index contributed by atoms with van der Waals surface area (Å²) in [4.78, 5) is 8.49. The fourth-order valence-corrected chi connectivity index (χ4v) is 2.38. The molecule has 0 spiro atoms. The van der Waals surface area contributed by atoms with Crippen LogP contribution in [0.4, 0.5) is 5.82 Å². The molecular weight excluding hydrogens is 262 g/mol. The van der Waals surface area contributed by atoms with Crippen LogP contribution in [-0.2, 0) is 6.42 Å². The van der Waals surface area contributed by atoms with Crippen LogP contribution < -0.4 is 5.32 Å². The standard InChI is InChI=1S/C16H19N5/c1-4-13-5-7-14(8-6-13)12(3)20-15-9-11(2)19-16-17-10-18-21(15)16/h5-10,12,20H,4H2,1-3H3. The van der Waals surface area contributed by atoms with Crippen molar-refractivity contribution >= 4 is 11.6 Å². The van der Waals surface area contributed by atoms with Gasteiger partial charge in [0.2, 0.25) is 0 Å². The van der Waals surface area contributed by atoms with E-state index < -0.39 is 0 Å². The lowest BCUT2D eigenvalue weighted by Gasteiger charge is -2.16. The highest BCUT2D eigenvalue weighted by molar-refractivity contribution is 5.46. The molecule has 5 nitrogen and oxygen atoms in total. The van der Waals surface area contributed by atoms with Gasteiger partial charge in [-0.1, -0.05) is 31.2 Å². The molecule has 0 aliphatic rings. The van der Waals surface area contributed by atoms with E-state index in [4.69, 9.17) is 0 Å².